The van der Waals surface area contributed by atoms with Crippen molar-refractivity contribution in [3.8, 4) is 0 Å². The van der Waals surface area contributed by atoms with Crippen LogP contribution in [0.25, 0.3) is 0 Å². The number of halogens is 1. The summed E-state index contributed by atoms with van der Waals surface area (Å²) >= 11 is 4.71. The highest BCUT2D eigenvalue weighted by Gasteiger charge is 2.22. The lowest BCUT2D eigenvalue weighted by atomic mass is 10.1. The SMILES string of the molecule is CC(C)(CNc1nc(Br)cs1)NS(C)(=O)=O. The number of aromatic nitrogens is 1. The average molecular weight is 328 g/mol. The van der Waals surface area contributed by atoms with Crippen molar-refractivity contribution < 1.29 is 8.42 Å². The first-order valence-corrected chi connectivity index (χ1v) is 8.08. The van der Waals surface area contributed by atoms with Gasteiger partial charge in [0.15, 0.2) is 5.13 Å². The third-order valence-electron chi connectivity index (χ3n) is 1.62. The van der Waals surface area contributed by atoms with Crippen molar-refractivity contribution in [2.45, 2.75) is 19.4 Å². The van der Waals surface area contributed by atoms with Crippen LogP contribution in [-0.4, -0.2) is 31.7 Å². The van der Waals surface area contributed by atoms with Crippen molar-refractivity contribution in [1.29, 1.82) is 0 Å². The van der Waals surface area contributed by atoms with Crippen molar-refractivity contribution in [2.24, 2.45) is 0 Å². The van der Waals surface area contributed by atoms with Crippen LogP contribution in [0.4, 0.5) is 5.13 Å². The van der Waals surface area contributed by atoms with Gasteiger partial charge < -0.3 is 5.32 Å². The van der Waals surface area contributed by atoms with E-state index in [1.54, 1.807) is 0 Å². The van der Waals surface area contributed by atoms with E-state index in [9.17, 15) is 8.42 Å². The van der Waals surface area contributed by atoms with Crippen LogP contribution >= 0.6 is 27.3 Å². The third-order valence-corrected chi connectivity index (χ3v) is 4.05. The molecule has 1 rings (SSSR count). The van der Waals surface area contributed by atoms with Crippen molar-refractivity contribution in [1.82, 2.24) is 9.71 Å². The van der Waals surface area contributed by atoms with Gasteiger partial charge in [-0.2, -0.15) is 0 Å². The second-order valence-corrected chi connectivity index (χ2v) is 7.51. The van der Waals surface area contributed by atoms with E-state index in [0.717, 1.165) is 16.0 Å². The summed E-state index contributed by atoms with van der Waals surface area (Å²) in [6.45, 7) is 4.09. The molecule has 0 unspecified atom stereocenters. The number of hydrogen-bond donors (Lipinski definition) is 2. The highest BCUT2D eigenvalue weighted by atomic mass is 79.9. The van der Waals surface area contributed by atoms with Gasteiger partial charge in [-0.3, -0.25) is 0 Å². The van der Waals surface area contributed by atoms with Crippen LogP contribution in [0, 0.1) is 0 Å². The van der Waals surface area contributed by atoms with Gasteiger partial charge in [0, 0.05) is 17.5 Å². The number of thiazole rings is 1. The number of nitrogens with zero attached hydrogens (tertiary/aromatic N) is 1. The highest BCUT2D eigenvalue weighted by molar-refractivity contribution is 9.10. The first-order valence-electron chi connectivity index (χ1n) is 4.52. The van der Waals surface area contributed by atoms with Gasteiger partial charge in [-0.15, -0.1) is 11.3 Å². The summed E-state index contributed by atoms with van der Waals surface area (Å²) in [5.74, 6) is 0. The maximum absolute atomic E-state index is 11.1. The smallest absolute Gasteiger partial charge is 0.209 e. The van der Waals surface area contributed by atoms with E-state index in [1.807, 2.05) is 19.2 Å². The normalized spacial score (nSPS) is 12.8. The lowest BCUT2D eigenvalue weighted by molar-refractivity contribution is 0.476. The molecule has 0 aliphatic rings. The quantitative estimate of drug-likeness (QED) is 0.862. The molecule has 0 aliphatic carbocycles. The molecule has 0 aromatic carbocycles. The number of anilines is 1. The summed E-state index contributed by atoms with van der Waals surface area (Å²) in [6.07, 6.45) is 1.15. The van der Waals surface area contributed by atoms with Gasteiger partial charge in [0.05, 0.1) is 6.26 Å². The minimum atomic E-state index is -3.20. The molecule has 1 aromatic heterocycles. The molecule has 0 fully saturated rings. The Hall–Kier alpha value is -0.180. The Labute approximate surface area is 108 Å². The van der Waals surface area contributed by atoms with Crippen LogP contribution in [0.1, 0.15) is 13.8 Å². The molecular formula is C8H14BrN3O2S2. The zero-order valence-corrected chi connectivity index (χ0v) is 12.5. The summed E-state index contributed by atoms with van der Waals surface area (Å²) in [6, 6.07) is 0. The zero-order chi connectivity index (χ0) is 12.4. The van der Waals surface area contributed by atoms with E-state index in [0.29, 0.717) is 6.54 Å². The minimum absolute atomic E-state index is 0.472. The Kier molecular flexibility index (Phi) is 4.33. The van der Waals surface area contributed by atoms with Gasteiger partial charge in [-0.1, -0.05) is 0 Å². The summed E-state index contributed by atoms with van der Waals surface area (Å²) in [4.78, 5) is 4.16. The number of nitrogens with one attached hydrogen (secondary N) is 2. The van der Waals surface area contributed by atoms with Crippen molar-refractivity contribution >= 4 is 42.4 Å². The second kappa shape index (κ2) is 4.99. The molecule has 0 bridgehead atoms. The molecule has 0 radical (unpaired) electrons. The number of sulfonamides is 1. The molecule has 92 valence electrons. The topological polar surface area (TPSA) is 71.1 Å². The monoisotopic (exact) mass is 327 g/mol. The van der Waals surface area contributed by atoms with Crippen LogP contribution in [0.3, 0.4) is 0 Å². The molecule has 1 aromatic rings. The fourth-order valence-corrected chi connectivity index (χ4v) is 3.39. The van der Waals surface area contributed by atoms with Crippen molar-refractivity contribution in [3.05, 3.63) is 9.98 Å². The fraction of sp³-hybridized carbons (Fsp3) is 0.625. The van der Waals surface area contributed by atoms with Crippen LogP contribution in [0.15, 0.2) is 9.98 Å². The van der Waals surface area contributed by atoms with Crippen LogP contribution in [-0.2, 0) is 10.0 Å². The van der Waals surface area contributed by atoms with E-state index in [1.165, 1.54) is 11.3 Å². The first-order chi connectivity index (χ1) is 7.18. The maximum atomic E-state index is 11.1. The zero-order valence-electron chi connectivity index (χ0n) is 9.24. The Morgan fingerprint density at radius 1 is 1.56 bits per heavy atom. The third kappa shape index (κ3) is 5.24. The fourth-order valence-electron chi connectivity index (χ4n) is 1.17. The minimum Gasteiger partial charge on any atom is -0.360 e. The van der Waals surface area contributed by atoms with Gasteiger partial charge in [0.1, 0.15) is 4.60 Å². The lowest BCUT2D eigenvalue weighted by Crippen LogP contribution is -2.47. The Morgan fingerprint density at radius 3 is 2.62 bits per heavy atom. The first kappa shape index (κ1) is 13.9. The summed E-state index contributed by atoms with van der Waals surface area (Å²) in [5.41, 5.74) is -0.550. The summed E-state index contributed by atoms with van der Waals surface area (Å²) < 4.78 is 25.5. The standard InChI is InChI=1S/C8H14BrN3O2S2/c1-8(2,12-16(3,13)14)5-10-7-11-6(9)4-15-7/h4,12H,5H2,1-3H3,(H,10,11). The largest absolute Gasteiger partial charge is 0.360 e. The molecule has 5 nitrogen and oxygen atoms in total. The van der Waals surface area contributed by atoms with Gasteiger partial charge in [-0.25, -0.2) is 18.1 Å². The molecule has 0 saturated heterocycles. The van der Waals surface area contributed by atoms with E-state index in [2.05, 4.69) is 31.0 Å². The molecule has 0 amide bonds. The molecule has 0 atom stereocenters. The van der Waals surface area contributed by atoms with E-state index in [4.69, 9.17) is 0 Å². The highest BCUT2D eigenvalue weighted by Crippen LogP contribution is 2.20. The Morgan fingerprint density at radius 2 is 2.19 bits per heavy atom. The number of hydrogen-bond acceptors (Lipinski definition) is 5. The van der Waals surface area contributed by atoms with E-state index < -0.39 is 15.6 Å². The Balaban J connectivity index is 2.54. The molecule has 0 saturated carbocycles. The molecule has 0 aliphatic heterocycles. The Bertz CT molecular complexity index is 456. The van der Waals surface area contributed by atoms with E-state index in [-0.39, 0.29) is 0 Å². The predicted octanol–water partition coefficient (Wildman–Crippen LogP) is 1.65. The molecule has 16 heavy (non-hydrogen) atoms. The summed E-state index contributed by atoms with van der Waals surface area (Å²) in [5, 5.41) is 5.70. The molecular weight excluding hydrogens is 314 g/mol. The molecule has 0 spiro atoms. The van der Waals surface area contributed by atoms with Gasteiger partial charge in [0.25, 0.3) is 0 Å². The second-order valence-electron chi connectivity index (χ2n) is 4.09. The van der Waals surface area contributed by atoms with Gasteiger partial charge >= 0.3 is 0 Å². The number of rotatable bonds is 5. The van der Waals surface area contributed by atoms with Crippen LogP contribution < -0.4 is 10.0 Å². The summed E-state index contributed by atoms with van der Waals surface area (Å²) in [7, 11) is -3.20. The predicted molar refractivity (Wildman–Crippen MR) is 70.4 cm³/mol. The van der Waals surface area contributed by atoms with Gasteiger partial charge in [0.2, 0.25) is 10.0 Å². The van der Waals surface area contributed by atoms with Crippen molar-refractivity contribution in [2.75, 3.05) is 18.1 Å². The molecule has 8 heteroatoms. The van der Waals surface area contributed by atoms with Crippen LogP contribution in [0.2, 0.25) is 0 Å². The molecule has 1 heterocycles. The maximum Gasteiger partial charge on any atom is 0.209 e. The van der Waals surface area contributed by atoms with E-state index >= 15 is 0 Å². The van der Waals surface area contributed by atoms with Crippen molar-refractivity contribution in [3.63, 3.8) is 0 Å². The average Bonchev–Trinajstić information content (AvgIpc) is 2.44. The van der Waals surface area contributed by atoms with Crippen LogP contribution in [0.5, 0.6) is 0 Å². The lowest BCUT2D eigenvalue weighted by Gasteiger charge is -2.25. The molecule has 2 N–H and O–H groups in total. The van der Waals surface area contributed by atoms with Gasteiger partial charge in [-0.05, 0) is 29.8 Å².